The predicted molar refractivity (Wildman–Crippen MR) is 131 cm³/mol. The summed E-state index contributed by atoms with van der Waals surface area (Å²) in [6.07, 6.45) is 0. The summed E-state index contributed by atoms with van der Waals surface area (Å²) in [5.74, 6) is -0.265. The molecule has 32 heavy (non-hydrogen) atoms. The van der Waals surface area contributed by atoms with E-state index in [0.29, 0.717) is 27.4 Å². The van der Waals surface area contributed by atoms with E-state index in [4.69, 9.17) is 4.42 Å². The Morgan fingerprint density at radius 2 is 1.66 bits per heavy atom. The number of halogens is 1. The monoisotopic (exact) mass is 502 g/mol. The summed E-state index contributed by atoms with van der Waals surface area (Å²) in [6.45, 7) is 0. The second-order valence-corrected chi connectivity index (χ2v) is 8.84. The minimum Gasteiger partial charge on any atom is -0.422 e. The highest BCUT2D eigenvalue weighted by Gasteiger charge is 2.12. The maximum absolute atomic E-state index is 12.7. The van der Waals surface area contributed by atoms with E-state index in [-0.39, 0.29) is 5.91 Å². The maximum Gasteiger partial charge on any atom is 0.344 e. The highest BCUT2D eigenvalue weighted by Crippen LogP contribution is 2.27. The zero-order valence-corrected chi connectivity index (χ0v) is 18.9. The molecule has 5 aromatic rings. The number of anilines is 1. The van der Waals surface area contributed by atoms with Gasteiger partial charge in [-0.15, -0.1) is 11.3 Å². The van der Waals surface area contributed by atoms with Crippen LogP contribution in [0.2, 0.25) is 0 Å². The fraction of sp³-hybridized carbons (Fsp3) is 0. The maximum atomic E-state index is 12.7. The van der Waals surface area contributed by atoms with Crippen molar-refractivity contribution < 1.29 is 9.21 Å². The van der Waals surface area contributed by atoms with E-state index in [9.17, 15) is 9.59 Å². The third kappa shape index (κ3) is 4.12. The second-order valence-electron chi connectivity index (χ2n) is 7.06. The SMILES string of the molecule is O=C(Nc1nc(-c2ccc(Br)cc2)cs1)c1ccc(-c2cc3ccccc3oc2=O)cc1. The number of amides is 1. The molecule has 2 aromatic heterocycles. The average molecular weight is 503 g/mol. The Kier molecular flexibility index (Phi) is 5.43. The van der Waals surface area contributed by atoms with Gasteiger partial charge in [-0.05, 0) is 42.0 Å². The summed E-state index contributed by atoms with van der Waals surface area (Å²) in [4.78, 5) is 29.5. The Balaban J connectivity index is 1.34. The number of nitrogens with zero attached hydrogens (tertiary/aromatic N) is 1. The van der Waals surface area contributed by atoms with Gasteiger partial charge in [-0.3, -0.25) is 10.1 Å². The predicted octanol–water partition coefficient (Wildman–Crippen LogP) is 6.60. The van der Waals surface area contributed by atoms with Gasteiger partial charge in [0.1, 0.15) is 5.58 Å². The Labute approximate surface area is 195 Å². The number of rotatable bonds is 4. The van der Waals surface area contributed by atoms with Gasteiger partial charge in [-0.2, -0.15) is 0 Å². The van der Waals surface area contributed by atoms with Crippen LogP contribution in [-0.2, 0) is 0 Å². The van der Waals surface area contributed by atoms with E-state index >= 15 is 0 Å². The first kappa shape index (κ1) is 20.4. The van der Waals surface area contributed by atoms with Gasteiger partial charge >= 0.3 is 5.63 Å². The molecule has 5 nitrogen and oxygen atoms in total. The molecule has 0 fully saturated rings. The molecule has 2 heterocycles. The first-order chi connectivity index (χ1) is 15.6. The van der Waals surface area contributed by atoms with Crippen molar-refractivity contribution in [1.82, 2.24) is 4.98 Å². The van der Waals surface area contributed by atoms with Crippen molar-refractivity contribution in [2.75, 3.05) is 5.32 Å². The first-order valence-corrected chi connectivity index (χ1v) is 11.4. The molecule has 0 saturated carbocycles. The number of carbonyl (C=O) groups excluding carboxylic acids is 1. The molecule has 0 spiro atoms. The van der Waals surface area contributed by atoms with Crippen molar-refractivity contribution in [3.63, 3.8) is 0 Å². The van der Waals surface area contributed by atoms with Gasteiger partial charge in [0.15, 0.2) is 5.13 Å². The molecule has 3 aromatic carbocycles. The van der Waals surface area contributed by atoms with E-state index in [1.165, 1.54) is 11.3 Å². The quantitative estimate of drug-likeness (QED) is 0.281. The lowest BCUT2D eigenvalue weighted by atomic mass is 10.0. The van der Waals surface area contributed by atoms with Crippen LogP contribution in [0.1, 0.15) is 10.4 Å². The summed E-state index contributed by atoms with van der Waals surface area (Å²) in [7, 11) is 0. The number of fused-ring (bicyclic) bond motifs is 1. The van der Waals surface area contributed by atoms with Crippen molar-refractivity contribution in [3.05, 3.63) is 105 Å². The third-order valence-electron chi connectivity index (χ3n) is 4.96. The largest absolute Gasteiger partial charge is 0.422 e. The van der Waals surface area contributed by atoms with Gasteiger partial charge in [0.05, 0.1) is 11.3 Å². The summed E-state index contributed by atoms with van der Waals surface area (Å²) in [6, 6.07) is 23.8. The van der Waals surface area contributed by atoms with Crippen LogP contribution in [0.25, 0.3) is 33.4 Å². The van der Waals surface area contributed by atoms with E-state index in [1.807, 2.05) is 47.8 Å². The molecular formula is C25H15BrN2O3S. The van der Waals surface area contributed by atoms with Gasteiger partial charge in [0.2, 0.25) is 0 Å². The summed E-state index contributed by atoms with van der Waals surface area (Å²) in [5.41, 5.74) is 3.52. The number of para-hydroxylation sites is 1. The first-order valence-electron chi connectivity index (χ1n) is 9.73. The van der Waals surface area contributed by atoms with Crippen molar-refractivity contribution in [3.8, 4) is 22.4 Å². The molecule has 1 N–H and O–H groups in total. The highest BCUT2D eigenvalue weighted by atomic mass is 79.9. The molecule has 0 bridgehead atoms. The molecule has 0 aliphatic rings. The number of nitrogens with one attached hydrogen (secondary N) is 1. The van der Waals surface area contributed by atoms with Crippen LogP contribution >= 0.6 is 27.3 Å². The van der Waals surface area contributed by atoms with Gasteiger partial charge in [0, 0.05) is 26.4 Å². The molecule has 0 atom stereocenters. The van der Waals surface area contributed by atoms with Crippen molar-refractivity contribution in [2.24, 2.45) is 0 Å². The fourth-order valence-electron chi connectivity index (χ4n) is 3.32. The molecule has 1 amide bonds. The van der Waals surface area contributed by atoms with Crippen LogP contribution in [0.5, 0.6) is 0 Å². The summed E-state index contributed by atoms with van der Waals surface area (Å²) >= 11 is 4.78. The summed E-state index contributed by atoms with van der Waals surface area (Å²) < 4.78 is 6.40. The van der Waals surface area contributed by atoms with Gasteiger partial charge in [0.25, 0.3) is 5.91 Å². The van der Waals surface area contributed by atoms with Gasteiger partial charge in [-0.25, -0.2) is 9.78 Å². The second kappa shape index (κ2) is 8.53. The molecule has 0 saturated heterocycles. The Morgan fingerprint density at radius 1 is 0.938 bits per heavy atom. The Morgan fingerprint density at radius 3 is 2.44 bits per heavy atom. The smallest absolute Gasteiger partial charge is 0.344 e. The lowest BCUT2D eigenvalue weighted by Crippen LogP contribution is -2.11. The van der Waals surface area contributed by atoms with E-state index in [1.54, 1.807) is 36.4 Å². The lowest BCUT2D eigenvalue weighted by Gasteiger charge is -2.05. The number of thiazole rings is 1. The van der Waals surface area contributed by atoms with Gasteiger partial charge in [-0.1, -0.05) is 58.4 Å². The van der Waals surface area contributed by atoms with Crippen LogP contribution in [0, 0.1) is 0 Å². The molecule has 5 rings (SSSR count). The van der Waals surface area contributed by atoms with Gasteiger partial charge < -0.3 is 4.42 Å². The standard InChI is InChI=1S/C25H15BrN2O3S/c26-19-11-9-16(10-12-19)21-14-32-25(27-21)28-23(29)17-7-5-15(6-8-17)20-13-18-3-1-2-4-22(18)31-24(20)30/h1-14H,(H,27,28,29). The van der Waals surface area contributed by atoms with Crippen molar-refractivity contribution >= 4 is 49.3 Å². The Bertz CT molecular complexity index is 1490. The molecule has 0 radical (unpaired) electrons. The number of hydrogen-bond acceptors (Lipinski definition) is 5. The lowest BCUT2D eigenvalue weighted by molar-refractivity contribution is 0.102. The number of benzene rings is 3. The fourth-order valence-corrected chi connectivity index (χ4v) is 4.30. The number of hydrogen-bond donors (Lipinski definition) is 1. The molecule has 0 aliphatic heterocycles. The van der Waals surface area contributed by atoms with Crippen molar-refractivity contribution in [1.29, 1.82) is 0 Å². The van der Waals surface area contributed by atoms with Crippen LogP contribution in [0.3, 0.4) is 0 Å². The highest BCUT2D eigenvalue weighted by molar-refractivity contribution is 9.10. The molecule has 0 unspecified atom stereocenters. The van der Waals surface area contributed by atoms with Crippen molar-refractivity contribution in [2.45, 2.75) is 0 Å². The third-order valence-corrected chi connectivity index (χ3v) is 6.25. The Hall–Kier alpha value is -3.55. The zero-order chi connectivity index (χ0) is 22.1. The molecule has 156 valence electrons. The van der Waals surface area contributed by atoms with Crippen LogP contribution < -0.4 is 10.9 Å². The number of aromatic nitrogens is 1. The van der Waals surface area contributed by atoms with E-state index in [2.05, 4.69) is 26.2 Å². The van der Waals surface area contributed by atoms with Crippen LogP contribution in [0.15, 0.2) is 97.9 Å². The average Bonchev–Trinajstić information content (AvgIpc) is 3.27. The normalized spacial score (nSPS) is 10.9. The molecule has 0 aliphatic carbocycles. The van der Waals surface area contributed by atoms with E-state index < -0.39 is 5.63 Å². The molecule has 7 heteroatoms. The topological polar surface area (TPSA) is 72.2 Å². The van der Waals surface area contributed by atoms with E-state index in [0.717, 1.165) is 21.1 Å². The van der Waals surface area contributed by atoms with Crippen LogP contribution in [-0.4, -0.2) is 10.9 Å². The summed E-state index contributed by atoms with van der Waals surface area (Å²) in [5, 5.41) is 6.10. The molecular weight excluding hydrogens is 488 g/mol. The number of carbonyl (C=O) groups is 1. The zero-order valence-electron chi connectivity index (χ0n) is 16.5. The minimum atomic E-state index is -0.413. The van der Waals surface area contributed by atoms with Crippen LogP contribution in [0.4, 0.5) is 5.13 Å². The minimum absolute atomic E-state index is 0.265.